The van der Waals surface area contributed by atoms with Crippen LogP contribution in [-0.2, 0) is 6.54 Å². The quantitative estimate of drug-likeness (QED) is 0.743. The second-order valence-electron chi connectivity index (χ2n) is 3.68. The highest BCUT2D eigenvalue weighted by Crippen LogP contribution is 2.16. The van der Waals surface area contributed by atoms with Crippen molar-refractivity contribution in [2.24, 2.45) is 5.92 Å². The predicted octanol–water partition coefficient (Wildman–Crippen LogP) is 0.668. The molecule has 0 spiro atoms. The summed E-state index contributed by atoms with van der Waals surface area (Å²) < 4.78 is 2.06. The lowest BCUT2D eigenvalue weighted by atomic mass is 9.95. The topological polar surface area (TPSA) is 42.7 Å². The third-order valence-corrected chi connectivity index (χ3v) is 2.72. The van der Waals surface area contributed by atoms with Crippen LogP contribution in [0.15, 0.2) is 12.7 Å². The zero-order valence-corrected chi connectivity index (χ0v) is 7.82. The van der Waals surface area contributed by atoms with Crippen LogP contribution in [0.2, 0.25) is 0 Å². The molecule has 1 aromatic heterocycles. The van der Waals surface area contributed by atoms with Gasteiger partial charge >= 0.3 is 0 Å². The molecule has 2 rings (SSSR count). The van der Waals surface area contributed by atoms with Crippen molar-refractivity contribution in [3.8, 4) is 0 Å². The molecule has 0 unspecified atom stereocenters. The van der Waals surface area contributed by atoms with Gasteiger partial charge in [0.15, 0.2) is 0 Å². The number of nitrogens with zero attached hydrogens (tertiary/aromatic N) is 3. The Morgan fingerprint density at radius 3 is 2.62 bits per heavy atom. The molecule has 1 aliphatic rings. The SMILES string of the molecule is c1nncn1CCC1CCNCC1. The summed E-state index contributed by atoms with van der Waals surface area (Å²) >= 11 is 0. The third kappa shape index (κ3) is 2.52. The van der Waals surface area contributed by atoms with Gasteiger partial charge in [-0.2, -0.15) is 0 Å². The lowest BCUT2D eigenvalue weighted by Gasteiger charge is -2.22. The Bertz CT molecular complexity index is 226. The Kier molecular flexibility index (Phi) is 2.92. The van der Waals surface area contributed by atoms with E-state index in [9.17, 15) is 0 Å². The van der Waals surface area contributed by atoms with Crippen molar-refractivity contribution in [3.63, 3.8) is 0 Å². The van der Waals surface area contributed by atoms with Gasteiger partial charge in [-0.05, 0) is 38.3 Å². The molecular weight excluding hydrogens is 164 g/mol. The molecule has 0 aromatic carbocycles. The second-order valence-corrected chi connectivity index (χ2v) is 3.68. The molecule has 1 saturated heterocycles. The van der Waals surface area contributed by atoms with Crippen LogP contribution < -0.4 is 5.32 Å². The van der Waals surface area contributed by atoms with Crippen molar-refractivity contribution in [2.75, 3.05) is 13.1 Å². The highest BCUT2D eigenvalue weighted by Gasteiger charge is 2.12. The lowest BCUT2D eigenvalue weighted by Crippen LogP contribution is -2.28. The zero-order chi connectivity index (χ0) is 8.93. The van der Waals surface area contributed by atoms with Crippen molar-refractivity contribution in [1.82, 2.24) is 20.1 Å². The van der Waals surface area contributed by atoms with Crippen LogP contribution in [0.25, 0.3) is 0 Å². The van der Waals surface area contributed by atoms with Gasteiger partial charge in [0.1, 0.15) is 12.7 Å². The number of aryl methyl sites for hydroxylation is 1. The maximum absolute atomic E-state index is 3.79. The van der Waals surface area contributed by atoms with Gasteiger partial charge in [-0.3, -0.25) is 0 Å². The Hall–Kier alpha value is -0.900. The minimum atomic E-state index is 0.892. The van der Waals surface area contributed by atoms with Gasteiger partial charge in [-0.1, -0.05) is 0 Å². The number of aromatic nitrogens is 3. The van der Waals surface area contributed by atoms with Crippen LogP contribution in [0.5, 0.6) is 0 Å². The average molecular weight is 180 g/mol. The number of piperidine rings is 1. The normalized spacial score (nSPS) is 19.1. The van der Waals surface area contributed by atoms with Crippen molar-refractivity contribution >= 4 is 0 Å². The summed E-state index contributed by atoms with van der Waals surface area (Å²) in [7, 11) is 0. The summed E-state index contributed by atoms with van der Waals surface area (Å²) in [5.74, 6) is 0.892. The highest BCUT2D eigenvalue weighted by molar-refractivity contribution is 4.70. The predicted molar refractivity (Wildman–Crippen MR) is 50.2 cm³/mol. The van der Waals surface area contributed by atoms with Crippen LogP contribution in [0, 0.1) is 5.92 Å². The van der Waals surface area contributed by atoms with E-state index in [1.165, 1.54) is 32.4 Å². The standard InChI is InChI=1S/C9H16N4/c1-4-10-5-2-9(1)3-6-13-7-11-12-8-13/h7-10H,1-6H2. The molecule has 0 bridgehead atoms. The molecule has 4 heteroatoms. The van der Waals surface area contributed by atoms with Crippen LogP contribution in [0.3, 0.4) is 0 Å². The molecule has 0 saturated carbocycles. The van der Waals surface area contributed by atoms with Crippen molar-refractivity contribution in [2.45, 2.75) is 25.8 Å². The first-order valence-electron chi connectivity index (χ1n) is 4.98. The Balaban J connectivity index is 1.72. The maximum Gasteiger partial charge on any atom is 0.119 e. The molecule has 1 aliphatic heterocycles. The van der Waals surface area contributed by atoms with Gasteiger partial charge < -0.3 is 9.88 Å². The molecule has 1 fully saturated rings. The van der Waals surface area contributed by atoms with E-state index in [1.807, 2.05) is 0 Å². The molecule has 1 N–H and O–H groups in total. The van der Waals surface area contributed by atoms with Gasteiger partial charge in [-0.15, -0.1) is 10.2 Å². The molecule has 72 valence electrons. The molecule has 0 radical (unpaired) electrons. The Labute approximate surface area is 78.4 Å². The summed E-state index contributed by atoms with van der Waals surface area (Å²) in [5, 5.41) is 10.9. The van der Waals surface area contributed by atoms with Crippen molar-refractivity contribution < 1.29 is 0 Å². The van der Waals surface area contributed by atoms with E-state index < -0.39 is 0 Å². The van der Waals surface area contributed by atoms with E-state index in [2.05, 4.69) is 20.1 Å². The van der Waals surface area contributed by atoms with Crippen molar-refractivity contribution in [3.05, 3.63) is 12.7 Å². The van der Waals surface area contributed by atoms with Gasteiger partial charge in [0.2, 0.25) is 0 Å². The van der Waals surface area contributed by atoms with Gasteiger partial charge in [0.25, 0.3) is 0 Å². The smallest absolute Gasteiger partial charge is 0.119 e. The fourth-order valence-corrected chi connectivity index (χ4v) is 1.84. The summed E-state index contributed by atoms with van der Waals surface area (Å²) in [6.07, 6.45) is 7.49. The molecular formula is C9H16N4. The number of hydrogen-bond donors (Lipinski definition) is 1. The Morgan fingerprint density at radius 1 is 1.23 bits per heavy atom. The van der Waals surface area contributed by atoms with Crippen LogP contribution in [0.1, 0.15) is 19.3 Å². The third-order valence-electron chi connectivity index (χ3n) is 2.72. The van der Waals surface area contributed by atoms with E-state index in [0.717, 1.165) is 12.5 Å². The minimum Gasteiger partial charge on any atom is -0.320 e. The number of nitrogens with one attached hydrogen (secondary N) is 1. The largest absolute Gasteiger partial charge is 0.320 e. The molecule has 0 amide bonds. The first-order chi connectivity index (χ1) is 6.45. The lowest BCUT2D eigenvalue weighted by molar-refractivity contribution is 0.338. The Morgan fingerprint density at radius 2 is 1.92 bits per heavy atom. The van der Waals surface area contributed by atoms with Crippen LogP contribution >= 0.6 is 0 Å². The van der Waals surface area contributed by atoms with E-state index in [-0.39, 0.29) is 0 Å². The monoisotopic (exact) mass is 180 g/mol. The molecule has 2 heterocycles. The van der Waals surface area contributed by atoms with Gasteiger partial charge in [0.05, 0.1) is 0 Å². The van der Waals surface area contributed by atoms with E-state index in [0.29, 0.717) is 0 Å². The average Bonchev–Trinajstić information content (AvgIpc) is 2.69. The number of rotatable bonds is 3. The highest BCUT2D eigenvalue weighted by atomic mass is 15.2. The molecule has 13 heavy (non-hydrogen) atoms. The second kappa shape index (κ2) is 4.37. The zero-order valence-electron chi connectivity index (χ0n) is 7.82. The molecule has 0 atom stereocenters. The van der Waals surface area contributed by atoms with E-state index in [1.54, 1.807) is 12.7 Å². The van der Waals surface area contributed by atoms with Crippen LogP contribution in [-0.4, -0.2) is 27.9 Å². The van der Waals surface area contributed by atoms with Gasteiger partial charge in [0, 0.05) is 6.54 Å². The van der Waals surface area contributed by atoms with E-state index >= 15 is 0 Å². The summed E-state index contributed by atoms with van der Waals surface area (Å²) in [6, 6.07) is 0. The first kappa shape index (κ1) is 8.69. The van der Waals surface area contributed by atoms with E-state index in [4.69, 9.17) is 0 Å². The molecule has 4 nitrogen and oxygen atoms in total. The fraction of sp³-hybridized carbons (Fsp3) is 0.778. The summed E-state index contributed by atoms with van der Waals surface area (Å²) in [4.78, 5) is 0. The van der Waals surface area contributed by atoms with Crippen molar-refractivity contribution in [1.29, 1.82) is 0 Å². The first-order valence-corrected chi connectivity index (χ1v) is 4.98. The maximum atomic E-state index is 3.79. The van der Waals surface area contributed by atoms with Gasteiger partial charge in [-0.25, -0.2) is 0 Å². The molecule has 0 aliphatic carbocycles. The molecule has 1 aromatic rings. The fourth-order valence-electron chi connectivity index (χ4n) is 1.84. The number of hydrogen-bond acceptors (Lipinski definition) is 3. The summed E-state index contributed by atoms with van der Waals surface area (Å²) in [5.41, 5.74) is 0. The van der Waals surface area contributed by atoms with Crippen LogP contribution in [0.4, 0.5) is 0 Å². The minimum absolute atomic E-state index is 0.892. The summed E-state index contributed by atoms with van der Waals surface area (Å²) in [6.45, 7) is 3.44.